The van der Waals surface area contributed by atoms with Crippen molar-refractivity contribution in [1.82, 2.24) is 4.98 Å². The van der Waals surface area contributed by atoms with E-state index in [0.717, 1.165) is 34.0 Å². The number of fused-ring (bicyclic) bond motifs is 1. The lowest BCUT2D eigenvalue weighted by molar-refractivity contribution is -0.132. The van der Waals surface area contributed by atoms with Crippen molar-refractivity contribution < 1.29 is 14.7 Å². The van der Waals surface area contributed by atoms with Crippen molar-refractivity contribution >= 4 is 34.0 Å². The predicted octanol–water partition coefficient (Wildman–Crippen LogP) is 5.67. The fourth-order valence-corrected chi connectivity index (χ4v) is 4.54. The first-order valence-electron chi connectivity index (χ1n) is 11.0. The smallest absolute Gasteiger partial charge is 0.300 e. The molecule has 1 aliphatic rings. The van der Waals surface area contributed by atoms with Crippen LogP contribution in [0, 0.1) is 6.92 Å². The Morgan fingerprint density at radius 3 is 2.48 bits per heavy atom. The number of aliphatic hydroxyl groups excluding tert-OH is 1. The van der Waals surface area contributed by atoms with Gasteiger partial charge in [0.15, 0.2) is 0 Å². The van der Waals surface area contributed by atoms with E-state index in [1.165, 1.54) is 4.90 Å². The number of aromatic nitrogens is 1. The number of rotatable bonds is 4. The Morgan fingerprint density at radius 2 is 1.76 bits per heavy atom. The molecule has 0 bridgehead atoms. The molecule has 3 aromatic carbocycles. The summed E-state index contributed by atoms with van der Waals surface area (Å²) < 4.78 is 0. The van der Waals surface area contributed by atoms with Crippen LogP contribution < -0.4 is 4.90 Å². The van der Waals surface area contributed by atoms with Gasteiger partial charge in [-0.3, -0.25) is 14.5 Å². The maximum Gasteiger partial charge on any atom is 0.300 e. The number of anilines is 1. The van der Waals surface area contributed by atoms with Crippen LogP contribution in [-0.4, -0.2) is 21.8 Å². The maximum absolute atomic E-state index is 13.3. The van der Waals surface area contributed by atoms with Gasteiger partial charge in [-0.15, -0.1) is 0 Å². The largest absolute Gasteiger partial charge is 0.507 e. The Hall–Kier alpha value is -4.12. The monoisotopic (exact) mass is 436 g/mol. The summed E-state index contributed by atoms with van der Waals surface area (Å²) in [6, 6.07) is 21.9. The molecule has 5 rings (SSSR count). The van der Waals surface area contributed by atoms with E-state index in [9.17, 15) is 14.7 Å². The van der Waals surface area contributed by atoms with Crippen LogP contribution in [0.25, 0.3) is 16.7 Å². The van der Waals surface area contributed by atoms with E-state index in [1.807, 2.05) is 73.8 Å². The molecule has 5 heteroatoms. The molecule has 1 aromatic heterocycles. The number of nitrogens with zero attached hydrogens (tertiary/aromatic N) is 1. The first kappa shape index (κ1) is 20.8. The van der Waals surface area contributed by atoms with Gasteiger partial charge in [0.2, 0.25) is 0 Å². The molecule has 2 heterocycles. The van der Waals surface area contributed by atoms with Gasteiger partial charge in [-0.1, -0.05) is 61.5 Å². The van der Waals surface area contributed by atoms with Crippen molar-refractivity contribution in [3.8, 4) is 0 Å². The number of benzene rings is 3. The first-order valence-corrected chi connectivity index (χ1v) is 11.0. The minimum Gasteiger partial charge on any atom is -0.507 e. The highest BCUT2D eigenvalue weighted by Crippen LogP contribution is 2.44. The molecule has 1 saturated heterocycles. The Bertz CT molecular complexity index is 1410. The Balaban J connectivity index is 1.76. The summed E-state index contributed by atoms with van der Waals surface area (Å²) in [6.07, 6.45) is 2.69. The molecule has 4 aromatic rings. The summed E-state index contributed by atoms with van der Waals surface area (Å²) in [5.74, 6) is -1.51. The van der Waals surface area contributed by atoms with Crippen LogP contribution in [0.5, 0.6) is 0 Å². The zero-order valence-electron chi connectivity index (χ0n) is 18.5. The number of aliphatic hydroxyl groups is 1. The zero-order chi connectivity index (χ0) is 23.1. The number of aromatic amines is 1. The third-order valence-corrected chi connectivity index (χ3v) is 6.28. The van der Waals surface area contributed by atoms with E-state index >= 15 is 0 Å². The lowest BCUT2D eigenvalue weighted by Crippen LogP contribution is -2.29. The molecule has 0 aliphatic carbocycles. The van der Waals surface area contributed by atoms with E-state index in [1.54, 1.807) is 12.1 Å². The molecule has 0 spiro atoms. The van der Waals surface area contributed by atoms with Crippen LogP contribution in [-0.2, 0) is 16.0 Å². The fraction of sp³-hybridized carbons (Fsp3) is 0.143. The SMILES string of the molecule is CCc1ccc(/C(O)=C2\C(=O)C(=O)N(c3cccc(C)c3)C2c2c[nH]c3ccccc23)cc1. The number of nitrogens with one attached hydrogen (secondary N) is 1. The van der Waals surface area contributed by atoms with Crippen LogP contribution >= 0.6 is 0 Å². The van der Waals surface area contributed by atoms with Gasteiger partial charge in [-0.2, -0.15) is 0 Å². The lowest BCUT2D eigenvalue weighted by atomic mass is 9.94. The van der Waals surface area contributed by atoms with Gasteiger partial charge in [0.05, 0.1) is 11.6 Å². The number of aryl methyl sites for hydroxylation is 2. The number of hydrogen-bond acceptors (Lipinski definition) is 3. The van der Waals surface area contributed by atoms with Crippen molar-refractivity contribution in [3.05, 3.63) is 107 Å². The van der Waals surface area contributed by atoms with E-state index < -0.39 is 17.7 Å². The van der Waals surface area contributed by atoms with Crippen molar-refractivity contribution in [2.75, 3.05) is 4.90 Å². The number of carbonyl (C=O) groups is 2. The van der Waals surface area contributed by atoms with Gasteiger partial charge >= 0.3 is 0 Å². The van der Waals surface area contributed by atoms with E-state index in [-0.39, 0.29) is 11.3 Å². The molecule has 1 unspecified atom stereocenters. The molecular formula is C28H24N2O3. The quantitative estimate of drug-likeness (QED) is 0.246. The average Bonchev–Trinajstić information content (AvgIpc) is 3.37. The Labute approximate surface area is 192 Å². The van der Waals surface area contributed by atoms with Crippen LogP contribution in [0.15, 0.2) is 84.6 Å². The molecule has 0 saturated carbocycles. The third kappa shape index (κ3) is 3.42. The van der Waals surface area contributed by atoms with Crippen LogP contribution in [0.4, 0.5) is 5.69 Å². The van der Waals surface area contributed by atoms with Crippen LogP contribution in [0.2, 0.25) is 0 Å². The Morgan fingerprint density at radius 1 is 1.00 bits per heavy atom. The van der Waals surface area contributed by atoms with E-state index in [0.29, 0.717) is 11.3 Å². The average molecular weight is 437 g/mol. The lowest BCUT2D eigenvalue weighted by Gasteiger charge is -2.25. The summed E-state index contributed by atoms with van der Waals surface area (Å²) in [5.41, 5.74) is 4.98. The van der Waals surface area contributed by atoms with Crippen molar-refractivity contribution in [3.63, 3.8) is 0 Å². The van der Waals surface area contributed by atoms with E-state index in [4.69, 9.17) is 0 Å². The zero-order valence-corrected chi connectivity index (χ0v) is 18.5. The standard InChI is InChI=1S/C28H24N2O3/c1-3-18-11-13-19(14-12-18)26(31)24-25(22-16-29-23-10-5-4-9-21(22)23)30(28(33)27(24)32)20-8-6-7-17(2)15-20/h4-16,25,29,31H,3H2,1-2H3/b26-24+. The van der Waals surface area contributed by atoms with E-state index in [2.05, 4.69) is 11.9 Å². The minimum absolute atomic E-state index is 0.0931. The third-order valence-electron chi connectivity index (χ3n) is 6.28. The highest BCUT2D eigenvalue weighted by atomic mass is 16.3. The molecule has 1 fully saturated rings. The maximum atomic E-state index is 13.3. The second kappa shape index (κ2) is 8.10. The highest BCUT2D eigenvalue weighted by molar-refractivity contribution is 6.51. The summed E-state index contributed by atoms with van der Waals surface area (Å²) >= 11 is 0. The van der Waals surface area contributed by atoms with Gasteiger partial charge in [0.1, 0.15) is 5.76 Å². The number of carbonyl (C=O) groups excluding carboxylic acids is 2. The number of ketones is 1. The van der Waals surface area contributed by atoms with Gasteiger partial charge in [-0.05, 0) is 42.7 Å². The number of Topliss-reactive ketones (excluding diaryl/α,β-unsaturated/α-hetero) is 1. The fourth-order valence-electron chi connectivity index (χ4n) is 4.54. The van der Waals surface area contributed by atoms with Gasteiger partial charge in [0.25, 0.3) is 11.7 Å². The number of para-hydroxylation sites is 1. The normalized spacial score (nSPS) is 17.8. The summed E-state index contributed by atoms with van der Waals surface area (Å²) in [5, 5.41) is 12.2. The van der Waals surface area contributed by atoms with Crippen molar-refractivity contribution in [1.29, 1.82) is 0 Å². The molecule has 2 N–H and O–H groups in total. The van der Waals surface area contributed by atoms with Gasteiger partial charge in [-0.25, -0.2) is 0 Å². The van der Waals surface area contributed by atoms with Crippen LogP contribution in [0.1, 0.15) is 35.2 Å². The number of hydrogen-bond donors (Lipinski definition) is 2. The molecule has 0 radical (unpaired) electrons. The topological polar surface area (TPSA) is 73.4 Å². The summed E-state index contributed by atoms with van der Waals surface area (Å²) in [7, 11) is 0. The van der Waals surface area contributed by atoms with Crippen LogP contribution in [0.3, 0.4) is 0 Å². The second-order valence-corrected chi connectivity index (χ2v) is 8.35. The predicted molar refractivity (Wildman–Crippen MR) is 130 cm³/mol. The van der Waals surface area contributed by atoms with Gasteiger partial charge < -0.3 is 10.1 Å². The van der Waals surface area contributed by atoms with Crippen molar-refractivity contribution in [2.24, 2.45) is 0 Å². The van der Waals surface area contributed by atoms with Gasteiger partial charge in [0, 0.05) is 33.9 Å². The molecule has 5 nitrogen and oxygen atoms in total. The molecule has 164 valence electrons. The molecule has 1 amide bonds. The molecule has 1 aliphatic heterocycles. The Kier molecular flexibility index (Phi) is 5.09. The summed E-state index contributed by atoms with van der Waals surface area (Å²) in [4.78, 5) is 31.4. The minimum atomic E-state index is -0.756. The van der Waals surface area contributed by atoms with Crippen molar-refractivity contribution in [2.45, 2.75) is 26.3 Å². The highest BCUT2D eigenvalue weighted by Gasteiger charge is 2.47. The number of amides is 1. The molecule has 33 heavy (non-hydrogen) atoms. The summed E-state index contributed by atoms with van der Waals surface area (Å²) in [6.45, 7) is 4.00. The molecule has 1 atom stereocenters. The second-order valence-electron chi connectivity index (χ2n) is 8.35. The molecular weight excluding hydrogens is 412 g/mol. The number of H-pyrrole nitrogens is 1. The first-order chi connectivity index (χ1) is 16.0.